The van der Waals surface area contributed by atoms with Gasteiger partial charge in [-0.2, -0.15) is 18.4 Å². The highest BCUT2D eigenvalue weighted by atomic mass is 19.4. The van der Waals surface area contributed by atoms with Crippen LogP contribution in [-0.2, 0) is 12.9 Å². The molecule has 1 amide bonds. The van der Waals surface area contributed by atoms with Gasteiger partial charge in [0.2, 0.25) is 0 Å². The van der Waals surface area contributed by atoms with Gasteiger partial charge in [-0.1, -0.05) is 0 Å². The van der Waals surface area contributed by atoms with Crippen molar-refractivity contribution in [3.05, 3.63) is 34.9 Å². The van der Waals surface area contributed by atoms with Crippen molar-refractivity contribution >= 4 is 5.91 Å². The first-order valence-corrected chi connectivity index (χ1v) is 7.98. The van der Waals surface area contributed by atoms with Gasteiger partial charge in [0.15, 0.2) is 0 Å². The lowest BCUT2D eigenvalue weighted by Crippen LogP contribution is -2.38. The summed E-state index contributed by atoms with van der Waals surface area (Å²) in [5.74, 6) is -0.425. The second kappa shape index (κ2) is 8.30. The van der Waals surface area contributed by atoms with Crippen LogP contribution in [0.2, 0.25) is 0 Å². The molecule has 0 aliphatic carbocycles. The molecule has 0 aromatic heterocycles. The summed E-state index contributed by atoms with van der Waals surface area (Å²) in [5, 5.41) is 11.3. The summed E-state index contributed by atoms with van der Waals surface area (Å²) in [4.78, 5) is 14.2. The number of halogens is 4. The molecule has 1 aliphatic rings. The van der Waals surface area contributed by atoms with Crippen LogP contribution in [0.5, 0.6) is 0 Å². The lowest BCUT2D eigenvalue weighted by Gasteiger charge is -2.30. The number of nitriles is 1. The minimum Gasteiger partial charge on any atom is -0.352 e. The number of nitrogens with one attached hydrogen (secondary N) is 1. The Morgan fingerprint density at radius 2 is 1.96 bits per heavy atom. The van der Waals surface area contributed by atoms with E-state index < -0.39 is 24.3 Å². The monoisotopic (exact) mass is 357 g/mol. The molecule has 1 heterocycles. The topological polar surface area (TPSA) is 56.1 Å². The van der Waals surface area contributed by atoms with E-state index >= 15 is 0 Å². The molecule has 25 heavy (non-hydrogen) atoms. The Bertz CT molecular complexity index is 646. The van der Waals surface area contributed by atoms with Gasteiger partial charge >= 0.3 is 6.18 Å². The summed E-state index contributed by atoms with van der Waals surface area (Å²) in [6.07, 6.45) is -3.02. The Kier molecular flexibility index (Phi) is 6.37. The SMILES string of the molecule is N#CCN1CCC(CNC(=O)c2cc(CF)cc(C(F)(F)F)c2)CC1. The van der Waals surface area contributed by atoms with Gasteiger partial charge < -0.3 is 5.32 Å². The zero-order valence-electron chi connectivity index (χ0n) is 13.6. The highest BCUT2D eigenvalue weighted by Crippen LogP contribution is 2.31. The maximum Gasteiger partial charge on any atom is 0.416 e. The molecular weight excluding hydrogens is 338 g/mol. The molecule has 0 bridgehead atoms. The molecule has 8 heteroatoms. The lowest BCUT2D eigenvalue weighted by atomic mass is 9.96. The average molecular weight is 357 g/mol. The van der Waals surface area contributed by atoms with E-state index in [9.17, 15) is 22.4 Å². The summed E-state index contributed by atoms with van der Waals surface area (Å²) < 4.78 is 51.3. The minimum atomic E-state index is -4.63. The molecule has 2 rings (SSSR count). The second-order valence-electron chi connectivity index (χ2n) is 6.14. The van der Waals surface area contributed by atoms with Crippen LogP contribution in [0, 0.1) is 17.2 Å². The quantitative estimate of drug-likeness (QED) is 0.651. The molecular formula is C17H19F4N3O. The second-order valence-corrected chi connectivity index (χ2v) is 6.14. The van der Waals surface area contributed by atoms with Crippen molar-refractivity contribution in [1.82, 2.24) is 10.2 Å². The largest absolute Gasteiger partial charge is 0.416 e. The maximum absolute atomic E-state index is 12.8. The number of benzene rings is 1. The molecule has 0 unspecified atom stereocenters. The predicted octanol–water partition coefficient (Wildman–Crippen LogP) is 3.14. The minimum absolute atomic E-state index is 0.176. The third-order valence-corrected chi connectivity index (χ3v) is 4.29. The maximum atomic E-state index is 12.8. The number of nitrogens with zero attached hydrogens (tertiary/aromatic N) is 2. The molecule has 1 saturated heterocycles. The normalized spacial score (nSPS) is 16.4. The predicted molar refractivity (Wildman–Crippen MR) is 83.4 cm³/mol. The third kappa shape index (κ3) is 5.43. The molecule has 0 radical (unpaired) electrons. The van der Waals surface area contributed by atoms with Gasteiger partial charge in [-0.05, 0) is 55.6 Å². The van der Waals surface area contributed by atoms with Crippen LogP contribution >= 0.6 is 0 Å². The standard InChI is InChI=1S/C17H19F4N3O/c18-10-13-7-14(9-15(8-13)17(19,20)21)16(25)23-11-12-1-4-24(5-2-12)6-3-22/h7-9,12H,1-2,4-6,10-11H2,(H,23,25). The van der Waals surface area contributed by atoms with Gasteiger partial charge in [-0.25, -0.2) is 4.39 Å². The molecule has 0 atom stereocenters. The molecule has 4 nitrogen and oxygen atoms in total. The number of alkyl halides is 4. The summed E-state index contributed by atoms with van der Waals surface area (Å²) in [6.45, 7) is 1.16. The highest BCUT2D eigenvalue weighted by Gasteiger charge is 2.32. The smallest absolute Gasteiger partial charge is 0.352 e. The van der Waals surface area contributed by atoms with Gasteiger partial charge in [-0.3, -0.25) is 9.69 Å². The third-order valence-electron chi connectivity index (χ3n) is 4.29. The summed E-state index contributed by atoms with van der Waals surface area (Å²) in [6, 6.07) is 4.67. The zero-order valence-corrected chi connectivity index (χ0v) is 13.6. The van der Waals surface area contributed by atoms with Crippen molar-refractivity contribution in [1.29, 1.82) is 5.26 Å². The van der Waals surface area contributed by atoms with E-state index in [2.05, 4.69) is 11.4 Å². The van der Waals surface area contributed by atoms with Crippen LogP contribution in [0.25, 0.3) is 0 Å². The van der Waals surface area contributed by atoms with Crippen LogP contribution in [-0.4, -0.2) is 37.0 Å². The van der Waals surface area contributed by atoms with Crippen LogP contribution in [0.15, 0.2) is 18.2 Å². The van der Waals surface area contributed by atoms with E-state index in [-0.39, 0.29) is 17.0 Å². The van der Waals surface area contributed by atoms with Crippen molar-refractivity contribution in [2.24, 2.45) is 5.92 Å². The average Bonchev–Trinajstić information content (AvgIpc) is 2.60. The Morgan fingerprint density at radius 3 is 2.52 bits per heavy atom. The van der Waals surface area contributed by atoms with Crippen LogP contribution in [0.1, 0.15) is 34.3 Å². The van der Waals surface area contributed by atoms with Crippen LogP contribution in [0.4, 0.5) is 17.6 Å². The molecule has 1 aromatic rings. The first-order valence-electron chi connectivity index (χ1n) is 7.98. The van der Waals surface area contributed by atoms with Gasteiger partial charge in [0.25, 0.3) is 5.91 Å². The number of carbonyl (C=O) groups excluding carboxylic acids is 1. The number of likely N-dealkylation sites (tertiary alicyclic amines) is 1. The molecule has 1 aromatic carbocycles. The van der Waals surface area contributed by atoms with Crippen molar-refractivity contribution in [3.63, 3.8) is 0 Å². The van der Waals surface area contributed by atoms with Gasteiger partial charge in [-0.15, -0.1) is 0 Å². The number of hydrogen-bond acceptors (Lipinski definition) is 3. The number of amides is 1. The van der Waals surface area contributed by atoms with Gasteiger partial charge in [0.05, 0.1) is 18.2 Å². The molecule has 1 aliphatic heterocycles. The lowest BCUT2D eigenvalue weighted by molar-refractivity contribution is -0.137. The summed E-state index contributed by atoms with van der Waals surface area (Å²) >= 11 is 0. The molecule has 136 valence electrons. The van der Waals surface area contributed by atoms with E-state index in [1.807, 2.05) is 4.90 Å². The van der Waals surface area contributed by atoms with Gasteiger partial charge in [0.1, 0.15) is 6.67 Å². The number of piperidine rings is 1. The Balaban J connectivity index is 1.96. The van der Waals surface area contributed by atoms with Gasteiger partial charge in [0, 0.05) is 12.1 Å². The van der Waals surface area contributed by atoms with Crippen LogP contribution < -0.4 is 5.32 Å². The van der Waals surface area contributed by atoms with E-state index in [0.717, 1.165) is 38.1 Å². The molecule has 1 N–H and O–H groups in total. The first kappa shape index (κ1) is 19.2. The highest BCUT2D eigenvalue weighted by molar-refractivity contribution is 5.94. The van der Waals surface area contributed by atoms with Crippen LogP contribution in [0.3, 0.4) is 0 Å². The number of hydrogen-bond donors (Lipinski definition) is 1. The summed E-state index contributed by atoms with van der Waals surface area (Å²) in [7, 11) is 0. The summed E-state index contributed by atoms with van der Waals surface area (Å²) in [5.41, 5.74) is -1.40. The van der Waals surface area contributed by atoms with E-state index in [4.69, 9.17) is 5.26 Å². The number of carbonyl (C=O) groups is 1. The fourth-order valence-corrected chi connectivity index (χ4v) is 2.85. The van der Waals surface area contributed by atoms with E-state index in [0.29, 0.717) is 19.2 Å². The van der Waals surface area contributed by atoms with Crippen molar-refractivity contribution in [2.75, 3.05) is 26.2 Å². The molecule has 0 saturated carbocycles. The fourth-order valence-electron chi connectivity index (χ4n) is 2.85. The Morgan fingerprint density at radius 1 is 1.28 bits per heavy atom. The van der Waals surface area contributed by atoms with Crippen molar-refractivity contribution < 1.29 is 22.4 Å². The van der Waals surface area contributed by atoms with Crippen molar-refractivity contribution in [2.45, 2.75) is 25.7 Å². The Labute approximate surface area is 143 Å². The molecule has 0 spiro atoms. The zero-order chi connectivity index (χ0) is 18.4. The van der Waals surface area contributed by atoms with E-state index in [1.165, 1.54) is 0 Å². The van der Waals surface area contributed by atoms with E-state index in [1.54, 1.807) is 0 Å². The van der Waals surface area contributed by atoms with Crippen molar-refractivity contribution in [3.8, 4) is 6.07 Å². The Hall–Kier alpha value is -2.14. The number of rotatable bonds is 5. The first-order chi connectivity index (χ1) is 11.8. The fraction of sp³-hybridized carbons (Fsp3) is 0.529. The molecule has 1 fully saturated rings.